The molecule has 0 fully saturated rings. The Labute approximate surface area is 123 Å². The maximum atomic E-state index is 12.4. The fraction of sp³-hybridized carbons (Fsp3) is 0. The van der Waals surface area contributed by atoms with Crippen LogP contribution in [0.1, 0.15) is 20.7 Å². The van der Waals surface area contributed by atoms with Gasteiger partial charge in [-0.15, -0.1) is 0 Å². The first-order valence-corrected chi connectivity index (χ1v) is 6.71. The minimum atomic E-state index is -0.359. The minimum absolute atomic E-state index is 0.298. The fourth-order valence-corrected chi connectivity index (χ4v) is 2.79. The molecular formula is C14H9IN2O2. The van der Waals surface area contributed by atoms with E-state index in [-0.39, 0.29) is 11.8 Å². The summed E-state index contributed by atoms with van der Waals surface area (Å²) < 4.78 is 0.841. The Morgan fingerprint density at radius 3 is 2.37 bits per heavy atom. The number of rotatable bonds is 1. The Bertz CT molecular complexity index is 712. The molecule has 3 rings (SSSR count). The minimum Gasteiger partial charge on any atom is -0.398 e. The molecule has 94 valence electrons. The Morgan fingerprint density at radius 2 is 1.68 bits per heavy atom. The summed E-state index contributed by atoms with van der Waals surface area (Å²) in [6.07, 6.45) is 0. The number of halogens is 1. The first-order valence-electron chi connectivity index (χ1n) is 5.63. The number of benzene rings is 2. The first kappa shape index (κ1) is 12.2. The van der Waals surface area contributed by atoms with E-state index >= 15 is 0 Å². The molecule has 2 N–H and O–H groups in total. The van der Waals surface area contributed by atoms with Crippen molar-refractivity contribution in [3.63, 3.8) is 0 Å². The van der Waals surface area contributed by atoms with E-state index in [1.54, 1.807) is 30.3 Å². The summed E-state index contributed by atoms with van der Waals surface area (Å²) >= 11 is 2.10. The zero-order valence-corrected chi connectivity index (χ0v) is 11.9. The van der Waals surface area contributed by atoms with Gasteiger partial charge in [0.05, 0.1) is 16.8 Å². The molecule has 0 unspecified atom stereocenters. The normalized spacial score (nSPS) is 13.8. The van der Waals surface area contributed by atoms with Gasteiger partial charge in [0.15, 0.2) is 0 Å². The van der Waals surface area contributed by atoms with Gasteiger partial charge in [-0.1, -0.05) is 18.2 Å². The maximum Gasteiger partial charge on any atom is 0.268 e. The summed E-state index contributed by atoms with van der Waals surface area (Å²) in [6, 6.07) is 12.2. The molecule has 5 heteroatoms. The number of para-hydroxylation sites is 1. The molecule has 2 aromatic rings. The maximum absolute atomic E-state index is 12.4. The number of nitrogens with zero attached hydrogens (tertiary/aromatic N) is 1. The van der Waals surface area contributed by atoms with Crippen LogP contribution in [0.25, 0.3) is 0 Å². The smallest absolute Gasteiger partial charge is 0.268 e. The van der Waals surface area contributed by atoms with Gasteiger partial charge >= 0.3 is 0 Å². The summed E-state index contributed by atoms with van der Waals surface area (Å²) in [5.74, 6) is -0.682. The first-order chi connectivity index (χ1) is 9.11. The summed E-state index contributed by atoms with van der Waals surface area (Å²) in [7, 11) is 0. The van der Waals surface area contributed by atoms with Crippen LogP contribution >= 0.6 is 22.6 Å². The molecule has 0 saturated heterocycles. The van der Waals surface area contributed by atoms with Crippen LogP contribution in [0.4, 0.5) is 11.4 Å². The number of imide groups is 1. The Hall–Kier alpha value is -1.89. The lowest BCUT2D eigenvalue weighted by atomic mass is 10.1. The summed E-state index contributed by atoms with van der Waals surface area (Å²) in [6.45, 7) is 0. The highest BCUT2D eigenvalue weighted by Gasteiger charge is 2.38. The Kier molecular flexibility index (Phi) is 2.78. The van der Waals surface area contributed by atoms with E-state index in [9.17, 15) is 9.59 Å². The van der Waals surface area contributed by atoms with Crippen LogP contribution in [-0.4, -0.2) is 11.8 Å². The lowest BCUT2D eigenvalue weighted by Crippen LogP contribution is -2.30. The number of carbonyl (C=O) groups excluding carboxylic acids is 2. The van der Waals surface area contributed by atoms with E-state index in [2.05, 4.69) is 22.6 Å². The number of amides is 2. The zero-order chi connectivity index (χ0) is 13.6. The second-order valence-electron chi connectivity index (χ2n) is 4.17. The largest absolute Gasteiger partial charge is 0.398 e. The highest BCUT2D eigenvalue weighted by molar-refractivity contribution is 14.1. The molecule has 0 radical (unpaired) electrons. The SMILES string of the molecule is Nc1cccc2c1C(=O)N(c1ccccc1I)C2=O. The fourth-order valence-electron chi connectivity index (χ4n) is 2.16. The van der Waals surface area contributed by atoms with Gasteiger partial charge in [0.25, 0.3) is 11.8 Å². The van der Waals surface area contributed by atoms with E-state index in [0.717, 1.165) is 3.57 Å². The van der Waals surface area contributed by atoms with Gasteiger partial charge in [0.1, 0.15) is 0 Å². The highest BCUT2D eigenvalue weighted by atomic mass is 127. The molecule has 0 atom stereocenters. The molecule has 2 amide bonds. The van der Waals surface area contributed by atoms with E-state index in [1.807, 2.05) is 12.1 Å². The molecule has 1 aliphatic rings. The van der Waals surface area contributed by atoms with Crippen molar-refractivity contribution in [1.82, 2.24) is 0 Å². The molecule has 1 aliphatic heterocycles. The number of anilines is 2. The predicted molar refractivity (Wildman–Crippen MR) is 81.2 cm³/mol. The lowest BCUT2D eigenvalue weighted by Gasteiger charge is -2.15. The van der Waals surface area contributed by atoms with Crippen LogP contribution in [-0.2, 0) is 0 Å². The topological polar surface area (TPSA) is 63.4 Å². The molecule has 0 saturated carbocycles. The van der Waals surface area contributed by atoms with Crippen LogP contribution in [0, 0.1) is 3.57 Å². The third kappa shape index (κ3) is 1.73. The summed E-state index contributed by atoms with van der Waals surface area (Å²) in [5.41, 5.74) is 7.39. The Morgan fingerprint density at radius 1 is 0.947 bits per heavy atom. The number of hydrogen-bond donors (Lipinski definition) is 1. The second-order valence-corrected chi connectivity index (χ2v) is 5.33. The van der Waals surface area contributed by atoms with Crippen molar-refractivity contribution in [3.8, 4) is 0 Å². The van der Waals surface area contributed by atoms with Crippen molar-refractivity contribution in [2.45, 2.75) is 0 Å². The molecule has 4 nitrogen and oxygen atoms in total. The average molecular weight is 364 g/mol. The molecular weight excluding hydrogens is 355 g/mol. The summed E-state index contributed by atoms with van der Waals surface area (Å²) in [5, 5.41) is 0. The zero-order valence-electron chi connectivity index (χ0n) is 9.76. The van der Waals surface area contributed by atoms with Crippen molar-refractivity contribution in [3.05, 3.63) is 57.2 Å². The van der Waals surface area contributed by atoms with Gasteiger partial charge in [-0.3, -0.25) is 9.59 Å². The van der Waals surface area contributed by atoms with Crippen molar-refractivity contribution in [1.29, 1.82) is 0 Å². The molecule has 0 aromatic heterocycles. The number of fused-ring (bicyclic) bond motifs is 1. The van der Waals surface area contributed by atoms with Crippen LogP contribution in [0.3, 0.4) is 0 Å². The monoisotopic (exact) mass is 364 g/mol. The van der Waals surface area contributed by atoms with Gasteiger partial charge < -0.3 is 5.73 Å². The molecule has 0 spiro atoms. The molecule has 0 bridgehead atoms. The predicted octanol–water partition coefficient (Wildman–Crippen LogP) is 2.67. The van der Waals surface area contributed by atoms with E-state index in [1.165, 1.54) is 4.90 Å². The van der Waals surface area contributed by atoms with Crippen LogP contribution < -0.4 is 10.6 Å². The van der Waals surface area contributed by atoms with Gasteiger partial charge in [0, 0.05) is 9.26 Å². The van der Waals surface area contributed by atoms with Gasteiger partial charge in [-0.05, 0) is 46.9 Å². The van der Waals surface area contributed by atoms with E-state index in [0.29, 0.717) is 22.5 Å². The van der Waals surface area contributed by atoms with Gasteiger partial charge in [-0.25, -0.2) is 4.90 Å². The van der Waals surface area contributed by atoms with Crippen LogP contribution in [0.2, 0.25) is 0 Å². The number of nitrogens with two attached hydrogens (primary N) is 1. The molecule has 19 heavy (non-hydrogen) atoms. The van der Waals surface area contributed by atoms with Crippen molar-refractivity contribution in [2.75, 3.05) is 10.6 Å². The Balaban J connectivity index is 2.19. The van der Waals surface area contributed by atoms with E-state index < -0.39 is 0 Å². The number of hydrogen-bond acceptors (Lipinski definition) is 3. The van der Waals surface area contributed by atoms with Crippen molar-refractivity contribution in [2.24, 2.45) is 0 Å². The van der Waals surface area contributed by atoms with Crippen LogP contribution in [0.15, 0.2) is 42.5 Å². The molecule has 1 heterocycles. The van der Waals surface area contributed by atoms with Crippen LogP contribution in [0.5, 0.6) is 0 Å². The van der Waals surface area contributed by atoms with Gasteiger partial charge in [-0.2, -0.15) is 0 Å². The third-order valence-electron chi connectivity index (χ3n) is 3.04. The third-order valence-corrected chi connectivity index (χ3v) is 3.95. The average Bonchev–Trinajstić information content (AvgIpc) is 2.64. The van der Waals surface area contributed by atoms with Gasteiger partial charge in [0.2, 0.25) is 0 Å². The quantitative estimate of drug-likeness (QED) is 0.481. The standard InChI is InChI=1S/C14H9IN2O2/c15-9-5-1-2-7-11(9)17-13(18)8-4-3-6-10(16)12(8)14(17)19/h1-7H,16H2. The highest BCUT2D eigenvalue weighted by Crippen LogP contribution is 2.33. The lowest BCUT2D eigenvalue weighted by molar-refractivity contribution is 0.0926. The summed E-state index contributed by atoms with van der Waals surface area (Å²) in [4.78, 5) is 25.9. The van der Waals surface area contributed by atoms with Crippen molar-refractivity contribution < 1.29 is 9.59 Å². The van der Waals surface area contributed by atoms with E-state index in [4.69, 9.17) is 5.73 Å². The number of nitrogen functional groups attached to an aromatic ring is 1. The molecule has 2 aromatic carbocycles. The van der Waals surface area contributed by atoms with Crippen molar-refractivity contribution >= 4 is 45.8 Å². The second kappa shape index (κ2) is 4.34. The molecule has 0 aliphatic carbocycles. The number of carbonyl (C=O) groups is 2.